The van der Waals surface area contributed by atoms with Crippen molar-refractivity contribution in [1.82, 2.24) is 0 Å². The second-order valence-corrected chi connectivity index (χ2v) is 6.55. The summed E-state index contributed by atoms with van der Waals surface area (Å²) in [7, 11) is 0. The molecule has 1 heterocycles. The fourth-order valence-electron chi connectivity index (χ4n) is 3.21. The molecule has 0 bridgehead atoms. The van der Waals surface area contributed by atoms with E-state index in [1.54, 1.807) is 36.4 Å². The lowest BCUT2D eigenvalue weighted by atomic mass is 9.96. The summed E-state index contributed by atoms with van der Waals surface area (Å²) in [6.45, 7) is 0. The van der Waals surface area contributed by atoms with Gasteiger partial charge < -0.3 is 4.42 Å². The quantitative estimate of drug-likeness (QED) is 0.202. The van der Waals surface area contributed by atoms with Crippen molar-refractivity contribution < 1.29 is 14.1 Å². The number of hydrogen-bond acceptors (Lipinski definition) is 5. The van der Waals surface area contributed by atoms with Gasteiger partial charge in [0.1, 0.15) is 11.1 Å². The average molecular weight is 397 g/mol. The molecule has 0 amide bonds. The minimum Gasteiger partial charge on any atom is -0.422 e. The van der Waals surface area contributed by atoms with Crippen LogP contribution in [0.5, 0.6) is 0 Å². The summed E-state index contributed by atoms with van der Waals surface area (Å²) in [5, 5.41) is 11.7. The first kappa shape index (κ1) is 19.0. The first-order valence-corrected chi connectivity index (χ1v) is 9.13. The maximum atomic E-state index is 13.2. The Hall–Kier alpha value is -4.32. The molecule has 0 spiro atoms. The first-order chi connectivity index (χ1) is 14.5. The molecule has 0 aliphatic rings. The number of nitro benzene ring substituents is 1. The fourth-order valence-corrected chi connectivity index (χ4v) is 3.21. The zero-order valence-corrected chi connectivity index (χ0v) is 15.6. The molecule has 0 aliphatic heterocycles. The van der Waals surface area contributed by atoms with Crippen molar-refractivity contribution in [3.8, 4) is 0 Å². The Labute approximate surface area is 170 Å². The molecule has 4 aromatic rings. The minimum atomic E-state index is -0.794. The van der Waals surface area contributed by atoms with E-state index in [-0.39, 0.29) is 16.8 Å². The monoisotopic (exact) mass is 397 g/mol. The summed E-state index contributed by atoms with van der Waals surface area (Å²) in [4.78, 5) is 36.4. The molecule has 0 fully saturated rings. The smallest absolute Gasteiger partial charge is 0.348 e. The fraction of sp³-hybridized carbons (Fsp3) is 0. The van der Waals surface area contributed by atoms with Gasteiger partial charge >= 0.3 is 5.63 Å². The molecule has 146 valence electrons. The van der Waals surface area contributed by atoms with Crippen LogP contribution in [0.15, 0.2) is 88.1 Å². The highest BCUT2D eigenvalue weighted by atomic mass is 16.6. The number of hydrogen-bond donors (Lipinski definition) is 0. The lowest BCUT2D eigenvalue weighted by Crippen LogP contribution is -2.17. The van der Waals surface area contributed by atoms with Crippen LogP contribution >= 0.6 is 0 Å². The molecule has 0 atom stereocenters. The Bertz CT molecular complexity index is 1350. The van der Waals surface area contributed by atoms with E-state index in [9.17, 15) is 19.7 Å². The van der Waals surface area contributed by atoms with Crippen LogP contribution in [0.3, 0.4) is 0 Å². The molecular formula is C24H15NO5. The number of carbonyl (C=O) groups excluding carboxylic acids is 1. The van der Waals surface area contributed by atoms with Crippen LogP contribution in [0.1, 0.15) is 27.0 Å². The van der Waals surface area contributed by atoms with Crippen LogP contribution in [-0.4, -0.2) is 10.7 Å². The van der Waals surface area contributed by atoms with Crippen molar-refractivity contribution in [3.05, 3.63) is 122 Å². The molecule has 4 rings (SSSR count). The van der Waals surface area contributed by atoms with Gasteiger partial charge in [0.15, 0.2) is 0 Å². The van der Waals surface area contributed by atoms with Gasteiger partial charge in [-0.15, -0.1) is 0 Å². The predicted molar refractivity (Wildman–Crippen MR) is 114 cm³/mol. The highest BCUT2D eigenvalue weighted by Crippen LogP contribution is 2.25. The van der Waals surface area contributed by atoms with Gasteiger partial charge in [-0.2, -0.15) is 0 Å². The highest BCUT2D eigenvalue weighted by Gasteiger charge is 2.22. The number of non-ortho nitro benzene ring substituents is 1. The molecule has 1 aromatic heterocycles. The van der Waals surface area contributed by atoms with E-state index < -0.39 is 16.3 Å². The normalized spacial score (nSPS) is 11.1. The first-order valence-electron chi connectivity index (χ1n) is 9.13. The largest absolute Gasteiger partial charge is 0.422 e. The highest BCUT2D eigenvalue weighted by molar-refractivity contribution is 6.13. The van der Waals surface area contributed by atoms with Crippen molar-refractivity contribution in [2.45, 2.75) is 0 Å². The van der Waals surface area contributed by atoms with Gasteiger partial charge in [0, 0.05) is 28.6 Å². The molecule has 6 nitrogen and oxygen atoms in total. The summed E-state index contributed by atoms with van der Waals surface area (Å²) < 4.78 is 5.36. The van der Waals surface area contributed by atoms with E-state index in [1.165, 1.54) is 18.2 Å². The van der Waals surface area contributed by atoms with Gasteiger partial charge in [-0.25, -0.2) is 4.79 Å². The predicted octanol–water partition coefficient (Wildman–Crippen LogP) is 5.10. The number of fused-ring (bicyclic) bond motifs is 1. The molecule has 6 heteroatoms. The van der Waals surface area contributed by atoms with Gasteiger partial charge in [-0.1, -0.05) is 72.8 Å². The summed E-state index contributed by atoms with van der Waals surface area (Å²) in [6.07, 6.45) is 3.49. The Morgan fingerprint density at radius 1 is 0.900 bits per heavy atom. The van der Waals surface area contributed by atoms with E-state index in [4.69, 9.17) is 4.42 Å². The van der Waals surface area contributed by atoms with Gasteiger partial charge in [0.2, 0.25) is 5.78 Å². The number of benzene rings is 3. The second-order valence-electron chi connectivity index (χ2n) is 6.55. The third-order valence-electron chi connectivity index (χ3n) is 4.64. The Morgan fingerprint density at radius 2 is 1.63 bits per heavy atom. The van der Waals surface area contributed by atoms with Gasteiger partial charge in [-0.3, -0.25) is 14.9 Å². The van der Waals surface area contributed by atoms with Crippen molar-refractivity contribution in [2.24, 2.45) is 0 Å². The van der Waals surface area contributed by atoms with Gasteiger partial charge in [-0.05, 0) is 11.6 Å². The molecule has 0 saturated carbocycles. The average Bonchev–Trinajstić information content (AvgIpc) is 2.77. The molecule has 0 unspecified atom stereocenters. The third-order valence-corrected chi connectivity index (χ3v) is 4.64. The number of nitrogens with zero attached hydrogens (tertiary/aromatic N) is 1. The Morgan fingerprint density at radius 3 is 2.40 bits per heavy atom. The summed E-state index contributed by atoms with van der Waals surface area (Å²) in [5.74, 6) is -0.633. The van der Waals surface area contributed by atoms with Crippen LogP contribution in [0.4, 0.5) is 5.69 Å². The summed E-state index contributed by atoms with van der Waals surface area (Å²) in [6, 6.07) is 21.7. The van der Waals surface area contributed by atoms with E-state index in [2.05, 4.69) is 0 Å². The molecular weight excluding hydrogens is 382 g/mol. The lowest BCUT2D eigenvalue weighted by molar-refractivity contribution is -0.384. The van der Waals surface area contributed by atoms with Crippen LogP contribution in [0.2, 0.25) is 0 Å². The zero-order chi connectivity index (χ0) is 21.1. The van der Waals surface area contributed by atoms with Crippen LogP contribution in [0.25, 0.3) is 23.1 Å². The number of rotatable bonds is 5. The Balaban J connectivity index is 1.93. The third kappa shape index (κ3) is 3.66. The summed E-state index contributed by atoms with van der Waals surface area (Å²) >= 11 is 0. The van der Waals surface area contributed by atoms with E-state index in [1.807, 2.05) is 30.3 Å². The lowest BCUT2D eigenvalue weighted by Gasteiger charge is -2.08. The molecule has 0 saturated heterocycles. The molecule has 0 N–H and O–H groups in total. The maximum Gasteiger partial charge on any atom is 0.348 e. The van der Waals surface area contributed by atoms with Crippen LogP contribution in [-0.2, 0) is 0 Å². The minimum absolute atomic E-state index is 0.0427. The number of carbonyl (C=O) groups is 1. The molecule has 3 aromatic carbocycles. The number of para-hydroxylation sites is 1. The molecule has 30 heavy (non-hydrogen) atoms. The van der Waals surface area contributed by atoms with Crippen molar-refractivity contribution in [3.63, 3.8) is 0 Å². The SMILES string of the molecule is O=C(c1cccc([N+](=O)[O-])c1)c1c(/C=C/c2ccccc2)c2ccccc2oc1=O. The van der Waals surface area contributed by atoms with Gasteiger partial charge in [0.05, 0.1) is 4.92 Å². The second kappa shape index (κ2) is 7.97. The summed E-state index contributed by atoms with van der Waals surface area (Å²) in [5.41, 5.74) is 0.504. The van der Waals surface area contributed by atoms with Crippen molar-refractivity contribution in [1.29, 1.82) is 0 Å². The molecule has 0 radical (unpaired) electrons. The maximum absolute atomic E-state index is 13.2. The van der Waals surface area contributed by atoms with Crippen molar-refractivity contribution >= 4 is 34.6 Å². The van der Waals surface area contributed by atoms with E-state index >= 15 is 0 Å². The topological polar surface area (TPSA) is 90.4 Å². The number of ketones is 1. The van der Waals surface area contributed by atoms with Crippen molar-refractivity contribution in [2.75, 3.05) is 0 Å². The van der Waals surface area contributed by atoms with E-state index in [0.29, 0.717) is 16.5 Å². The van der Waals surface area contributed by atoms with Crippen LogP contribution in [0, 0.1) is 10.1 Å². The van der Waals surface area contributed by atoms with Crippen LogP contribution < -0.4 is 5.63 Å². The van der Waals surface area contributed by atoms with Gasteiger partial charge in [0.25, 0.3) is 5.69 Å². The zero-order valence-electron chi connectivity index (χ0n) is 15.6. The van der Waals surface area contributed by atoms with E-state index in [0.717, 1.165) is 11.6 Å². The molecule has 0 aliphatic carbocycles. The Kier molecular flexibility index (Phi) is 5.05. The standard InChI is InChI=1S/C24H15NO5/c26-23(17-9-6-10-18(15-17)25(28)29)22-20(14-13-16-7-2-1-3-8-16)19-11-4-5-12-21(19)30-24(22)27/h1-15H/b14-13+. The number of nitro groups is 1.